The molecule has 4 rings (SSSR count). The van der Waals surface area contributed by atoms with Gasteiger partial charge in [0.2, 0.25) is 0 Å². The van der Waals surface area contributed by atoms with Gasteiger partial charge in [0.1, 0.15) is 28.0 Å². The molecule has 9 heteroatoms. The highest BCUT2D eigenvalue weighted by Gasteiger charge is 2.40. The maximum absolute atomic E-state index is 13.2. The molecule has 0 aliphatic carbocycles. The molecule has 8 nitrogen and oxygen atoms in total. The Labute approximate surface area is 219 Å². The van der Waals surface area contributed by atoms with Crippen molar-refractivity contribution in [2.45, 2.75) is 19.8 Å². The normalized spacial score (nSPS) is 13.1. The van der Waals surface area contributed by atoms with E-state index in [4.69, 9.17) is 25.8 Å². The van der Waals surface area contributed by atoms with Crippen LogP contribution in [-0.2, 0) is 16.0 Å². The number of hydrogen-bond donors (Lipinski definition) is 1. The lowest BCUT2D eigenvalue weighted by Gasteiger charge is -2.19. The third-order valence-corrected chi connectivity index (χ3v) is 6.07. The van der Waals surface area contributed by atoms with Crippen LogP contribution in [0.3, 0.4) is 0 Å². The molecule has 0 saturated carbocycles. The fourth-order valence-electron chi connectivity index (χ4n) is 3.81. The van der Waals surface area contributed by atoms with E-state index in [1.165, 1.54) is 25.8 Å². The van der Waals surface area contributed by atoms with E-state index in [-0.39, 0.29) is 16.4 Å². The fraction of sp³-hybridized carbons (Fsp3) is 0.179. The number of nitrogens with zero attached hydrogens (tertiary/aromatic N) is 1. The molecule has 0 bridgehead atoms. The molecule has 3 aromatic carbocycles. The Morgan fingerprint density at radius 2 is 1.57 bits per heavy atom. The van der Waals surface area contributed by atoms with Crippen LogP contribution in [0.15, 0.2) is 77.5 Å². The Balaban J connectivity index is 1.47. The first-order valence-corrected chi connectivity index (χ1v) is 11.9. The van der Waals surface area contributed by atoms with E-state index in [1.807, 2.05) is 12.1 Å². The van der Waals surface area contributed by atoms with Crippen LogP contribution < -0.4 is 24.4 Å². The largest absolute Gasteiger partial charge is 0.497 e. The first-order chi connectivity index (χ1) is 17.9. The highest BCUT2D eigenvalue weighted by molar-refractivity contribution is 6.53. The van der Waals surface area contributed by atoms with Gasteiger partial charge in [0.05, 0.1) is 25.5 Å². The van der Waals surface area contributed by atoms with Crippen molar-refractivity contribution < 1.29 is 28.6 Å². The quantitative estimate of drug-likeness (QED) is 0.232. The molecule has 0 spiro atoms. The molecule has 190 valence electrons. The molecule has 2 amide bonds. The molecule has 0 saturated heterocycles. The standard InChI is InChI=1S/C28H25ClN2O6/c1-4-5-17-6-12-20(13-7-17)37-28(34)18-8-10-19(11-9-18)30-25-24(29)26(32)31(27(25)33)22-16-21(35-2)14-15-23(22)36-3/h6-16,30H,4-5H2,1-3H3. The second-order valence-corrected chi connectivity index (χ2v) is 8.54. The lowest BCUT2D eigenvalue weighted by atomic mass is 10.1. The number of methoxy groups -OCH3 is 2. The average Bonchev–Trinajstić information content (AvgIpc) is 3.12. The molecule has 1 heterocycles. The summed E-state index contributed by atoms with van der Waals surface area (Å²) in [6.07, 6.45) is 2.00. The molecule has 0 fully saturated rings. The molecular weight excluding hydrogens is 496 g/mol. The van der Waals surface area contributed by atoms with Crippen molar-refractivity contribution in [2.75, 3.05) is 24.4 Å². The molecule has 0 unspecified atom stereocenters. The van der Waals surface area contributed by atoms with Crippen molar-refractivity contribution in [3.8, 4) is 17.2 Å². The van der Waals surface area contributed by atoms with Crippen LogP contribution in [-0.4, -0.2) is 32.0 Å². The van der Waals surface area contributed by atoms with Gasteiger partial charge in [0, 0.05) is 11.8 Å². The number of halogens is 1. The van der Waals surface area contributed by atoms with Crippen LogP contribution >= 0.6 is 11.6 Å². The summed E-state index contributed by atoms with van der Waals surface area (Å²) in [5.41, 5.74) is 2.05. The number of esters is 1. The minimum atomic E-state index is -0.703. The van der Waals surface area contributed by atoms with Crippen molar-refractivity contribution in [1.29, 1.82) is 0 Å². The summed E-state index contributed by atoms with van der Waals surface area (Å²) in [7, 11) is 2.90. The number of anilines is 2. The van der Waals surface area contributed by atoms with Crippen LogP contribution in [0.5, 0.6) is 17.2 Å². The smallest absolute Gasteiger partial charge is 0.343 e. The van der Waals surface area contributed by atoms with Gasteiger partial charge in [-0.15, -0.1) is 0 Å². The number of rotatable bonds is 9. The van der Waals surface area contributed by atoms with Gasteiger partial charge in [-0.2, -0.15) is 0 Å². The Kier molecular flexibility index (Phi) is 7.79. The third kappa shape index (κ3) is 5.44. The first-order valence-electron chi connectivity index (χ1n) is 11.5. The van der Waals surface area contributed by atoms with Crippen molar-refractivity contribution in [3.05, 3.63) is 88.6 Å². The number of amides is 2. The molecule has 1 aliphatic rings. The number of carbonyl (C=O) groups is 3. The maximum atomic E-state index is 13.2. The Bertz CT molecular complexity index is 1370. The number of aryl methyl sites for hydroxylation is 1. The zero-order chi connectivity index (χ0) is 26.5. The number of imide groups is 1. The highest BCUT2D eigenvalue weighted by Crippen LogP contribution is 2.38. The van der Waals surface area contributed by atoms with Gasteiger partial charge in [0.25, 0.3) is 11.8 Å². The van der Waals surface area contributed by atoms with Crippen LogP contribution in [0.4, 0.5) is 11.4 Å². The zero-order valence-electron chi connectivity index (χ0n) is 20.5. The van der Waals surface area contributed by atoms with Gasteiger partial charge < -0.3 is 19.5 Å². The lowest BCUT2D eigenvalue weighted by Crippen LogP contribution is -2.32. The predicted molar refractivity (Wildman–Crippen MR) is 140 cm³/mol. The van der Waals surface area contributed by atoms with Gasteiger partial charge in [-0.25, -0.2) is 9.69 Å². The minimum absolute atomic E-state index is 0.0981. The predicted octanol–water partition coefficient (Wildman–Crippen LogP) is 5.31. The summed E-state index contributed by atoms with van der Waals surface area (Å²) >= 11 is 6.25. The summed E-state index contributed by atoms with van der Waals surface area (Å²) in [5, 5.41) is 2.61. The van der Waals surface area contributed by atoms with Crippen LogP contribution in [0, 0.1) is 0 Å². The summed E-state index contributed by atoms with van der Waals surface area (Å²) in [6, 6.07) is 18.4. The molecule has 0 aromatic heterocycles. The number of carbonyl (C=O) groups excluding carboxylic acids is 3. The molecule has 0 radical (unpaired) electrons. The maximum Gasteiger partial charge on any atom is 0.343 e. The Morgan fingerprint density at radius 1 is 0.892 bits per heavy atom. The summed E-state index contributed by atoms with van der Waals surface area (Å²) in [5.74, 6) is -0.686. The second-order valence-electron chi connectivity index (χ2n) is 8.16. The van der Waals surface area contributed by atoms with Gasteiger partial charge in [0.15, 0.2) is 0 Å². The summed E-state index contributed by atoms with van der Waals surface area (Å²) in [4.78, 5) is 39.5. The molecule has 3 aromatic rings. The molecule has 37 heavy (non-hydrogen) atoms. The number of ether oxygens (including phenoxy) is 3. The molecule has 1 N–H and O–H groups in total. The zero-order valence-corrected chi connectivity index (χ0v) is 21.3. The van der Waals surface area contributed by atoms with Crippen molar-refractivity contribution in [3.63, 3.8) is 0 Å². The van der Waals surface area contributed by atoms with E-state index in [2.05, 4.69) is 12.2 Å². The molecule has 1 aliphatic heterocycles. The third-order valence-electron chi connectivity index (χ3n) is 5.72. The van der Waals surface area contributed by atoms with Crippen molar-refractivity contribution in [2.24, 2.45) is 0 Å². The fourth-order valence-corrected chi connectivity index (χ4v) is 4.03. The second kappa shape index (κ2) is 11.2. The minimum Gasteiger partial charge on any atom is -0.497 e. The van der Waals surface area contributed by atoms with E-state index in [0.29, 0.717) is 28.5 Å². The van der Waals surface area contributed by atoms with Crippen molar-refractivity contribution in [1.82, 2.24) is 0 Å². The Morgan fingerprint density at radius 3 is 2.19 bits per heavy atom. The number of hydrogen-bond acceptors (Lipinski definition) is 7. The van der Waals surface area contributed by atoms with Crippen molar-refractivity contribution >= 4 is 40.8 Å². The summed E-state index contributed by atoms with van der Waals surface area (Å²) in [6.45, 7) is 2.10. The van der Waals surface area contributed by atoms with Crippen LogP contribution in [0.2, 0.25) is 0 Å². The van der Waals surface area contributed by atoms with E-state index in [0.717, 1.165) is 17.7 Å². The SMILES string of the molecule is CCCc1ccc(OC(=O)c2ccc(NC3=C(Cl)C(=O)N(c4cc(OC)ccc4OC)C3=O)cc2)cc1. The monoisotopic (exact) mass is 520 g/mol. The van der Waals surface area contributed by atoms with Crippen LogP contribution in [0.1, 0.15) is 29.3 Å². The topological polar surface area (TPSA) is 94.2 Å². The van der Waals surface area contributed by atoms with Gasteiger partial charge in [-0.1, -0.05) is 37.1 Å². The van der Waals surface area contributed by atoms with Gasteiger partial charge >= 0.3 is 5.97 Å². The van der Waals surface area contributed by atoms with Gasteiger partial charge in [-0.05, 0) is 60.5 Å². The highest BCUT2D eigenvalue weighted by atomic mass is 35.5. The van der Waals surface area contributed by atoms with E-state index in [1.54, 1.807) is 48.5 Å². The number of nitrogens with one attached hydrogen (secondary N) is 1. The molecular formula is C28H25ClN2O6. The van der Waals surface area contributed by atoms with E-state index < -0.39 is 17.8 Å². The lowest BCUT2D eigenvalue weighted by molar-refractivity contribution is -0.120. The van der Waals surface area contributed by atoms with E-state index in [9.17, 15) is 14.4 Å². The average molecular weight is 521 g/mol. The molecule has 0 atom stereocenters. The van der Waals surface area contributed by atoms with Crippen LogP contribution in [0.25, 0.3) is 0 Å². The Hall–Kier alpha value is -4.30. The summed E-state index contributed by atoms with van der Waals surface area (Å²) < 4.78 is 16.0. The first kappa shape index (κ1) is 25.8. The number of benzene rings is 3. The van der Waals surface area contributed by atoms with E-state index >= 15 is 0 Å². The van der Waals surface area contributed by atoms with Gasteiger partial charge in [-0.3, -0.25) is 9.59 Å².